The van der Waals surface area contributed by atoms with E-state index in [4.69, 9.17) is 4.74 Å². The molecule has 1 unspecified atom stereocenters. The molecule has 1 atom stereocenters. The van der Waals surface area contributed by atoms with Crippen molar-refractivity contribution < 1.29 is 13.9 Å². The van der Waals surface area contributed by atoms with E-state index in [9.17, 15) is 9.18 Å². The van der Waals surface area contributed by atoms with Gasteiger partial charge in [0, 0.05) is 31.6 Å². The molecule has 0 bridgehead atoms. The number of hydrogen-bond donors (Lipinski definition) is 1. The van der Waals surface area contributed by atoms with Crippen LogP contribution in [0.3, 0.4) is 0 Å². The third-order valence-corrected chi connectivity index (χ3v) is 5.75. The fraction of sp³-hybridized carbons (Fsp3) is 0.385. The van der Waals surface area contributed by atoms with Crippen molar-refractivity contribution >= 4 is 29.0 Å². The number of carbonyl (C=O) groups is 1. The number of fused-ring (bicyclic) bond motifs is 1. The summed E-state index contributed by atoms with van der Waals surface area (Å²) in [6, 6.07) is 8.05. The van der Waals surface area contributed by atoms with Gasteiger partial charge in [-0.05, 0) is 57.6 Å². The molecule has 35 heavy (non-hydrogen) atoms. The van der Waals surface area contributed by atoms with Crippen molar-refractivity contribution in [3.05, 3.63) is 48.2 Å². The Hall–Kier alpha value is -3.77. The van der Waals surface area contributed by atoms with E-state index in [-0.39, 0.29) is 24.2 Å². The first-order valence-electron chi connectivity index (χ1n) is 11.7. The van der Waals surface area contributed by atoms with Gasteiger partial charge in [-0.25, -0.2) is 19.4 Å². The molecule has 1 aliphatic heterocycles. The van der Waals surface area contributed by atoms with Crippen molar-refractivity contribution in [2.45, 2.75) is 19.3 Å². The molecule has 1 saturated heterocycles. The molecule has 2 aromatic heterocycles. The number of nitrogens with one attached hydrogen (secondary N) is 1. The SMILES string of the molecule is CN(C)CCCC(=O)N1CCC(/C=N\c2ncnc3[nH]c(C#CCOc4ccccc4F)cc23)C1. The van der Waals surface area contributed by atoms with Crippen molar-refractivity contribution in [3.63, 3.8) is 0 Å². The fourth-order valence-electron chi connectivity index (χ4n) is 3.92. The normalized spacial score (nSPS) is 15.7. The van der Waals surface area contributed by atoms with Crippen molar-refractivity contribution in [3.8, 4) is 17.6 Å². The Kier molecular flexibility index (Phi) is 8.06. The number of aromatic nitrogens is 3. The van der Waals surface area contributed by atoms with Crippen LogP contribution in [0.1, 0.15) is 25.0 Å². The maximum absolute atomic E-state index is 13.6. The number of ether oxygens (including phenoxy) is 1. The number of aromatic amines is 1. The van der Waals surface area contributed by atoms with Gasteiger partial charge in [0.05, 0.1) is 11.1 Å². The number of halogens is 1. The number of rotatable bonds is 8. The molecule has 3 aromatic rings. The highest BCUT2D eigenvalue weighted by atomic mass is 19.1. The van der Waals surface area contributed by atoms with Gasteiger partial charge in [0.25, 0.3) is 0 Å². The Labute approximate surface area is 204 Å². The van der Waals surface area contributed by atoms with Gasteiger partial charge in [-0.2, -0.15) is 0 Å². The van der Waals surface area contributed by atoms with Crippen LogP contribution in [0.15, 0.2) is 41.7 Å². The monoisotopic (exact) mass is 476 g/mol. The van der Waals surface area contributed by atoms with Gasteiger partial charge in [-0.3, -0.25) is 4.79 Å². The van der Waals surface area contributed by atoms with Crippen LogP contribution in [0.4, 0.5) is 10.2 Å². The summed E-state index contributed by atoms with van der Waals surface area (Å²) in [5.74, 6) is 6.55. The smallest absolute Gasteiger partial charge is 0.222 e. The van der Waals surface area contributed by atoms with Gasteiger partial charge in [-0.1, -0.05) is 18.1 Å². The topological polar surface area (TPSA) is 86.7 Å². The second-order valence-corrected chi connectivity index (χ2v) is 8.74. The zero-order valence-corrected chi connectivity index (χ0v) is 20.0. The maximum atomic E-state index is 13.6. The van der Waals surface area contributed by atoms with Crippen LogP contribution in [0.5, 0.6) is 5.75 Å². The van der Waals surface area contributed by atoms with E-state index in [0.29, 0.717) is 30.1 Å². The lowest BCUT2D eigenvalue weighted by Gasteiger charge is -2.16. The summed E-state index contributed by atoms with van der Waals surface area (Å²) >= 11 is 0. The molecule has 3 heterocycles. The molecule has 4 rings (SSSR count). The average molecular weight is 477 g/mol. The second kappa shape index (κ2) is 11.6. The van der Waals surface area contributed by atoms with E-state index in [1.54, 1.807) is 18.2 Å². The van der Waals surface area contributed by atoms with E-state index in [1.165, 1.54) is 12.4 Å². The Bertz CT molecular complexity index is 1260. The molecule has 1 N–H and O–H groups in total. The zero-order valence-electron chi connectivity index (χ0n) is 20.0. The van der Waals surface area contributed by atoms with E-state index < -0.39 is 5.82 Å². The van der Waals surface area contributed by atoms with Gasteiger partial charge in [-0.15, -0.1) is 0 Å². The van der Waals surface area contributed by atoms with E-state index >= 15 is 0 Å². The van der Waals surface area contributed by atoms with Gasteiger partial charge in [0.1, 0.15) is 18.6 Å². The molecule has 1 amide bonds. The largest absolute Gasteiger partial charge is 0.478 e. The third kappa shape index (κ3) is 6.64. The summed E-state index contributed by atoms with van der Waals surface area (Å²) in [6.45, 7) is 2.41. The molecular formula is C26H29FN6O2. The summed E-state index contributed by atoms with van der Waals surface area (Å²) < 4.78 is 19.0. The molecule has 8 nitrogen and oxygen atoms in total. The first-order chi connectivity index (χ1) is 17.0. The Morgan fingerprint density at radius 2 is 2.23 bits per heavy atom. The molecular weight excluding hydrogens is 447 g/mol. The molecule has 0 spiro atoms. The third-order valence-electron chi connectivity index (χ3n) is 5.75. The molecule has 0 radical (unpaired) electrons. The molecule has 1 aliphatic rings. The van der Waals surface area contributed by atoms with E-state index in [0.717, 1.165) is 31.3 Å². The number of hydrogen-bond acceptors (Lipinski definition) is 6. The summed E-state index contributed by atoms with van der Waals surface area (Å²) in [4.78, 5) is 32.8. The number of likely N-dealkylation sites (tertiary alicyclic amines) is 1. The van der Waals surface area contributed by atoms with Gasteiger partial charge >= 0.3 is 0 Å². The van der Waals surface area contributed by atoms with Crippen LogP contribution < -0.4 is 4.74 Å². The molecule has 9 heteroatoms. The first kappa shape index (κ1) is 24.4. The standard InChI is InChI=1S/C26H29FN6O2/c1-32(2)12-5-10-24(34)33-13-11-19(17-33)16-28-25-21-15-20(31-26(21)30-18-29-25)7-6-14-35-23-9-4-3-8-22(23)27/h3-4,8-9,15-16,18-19H,5,10-14,17H2,1-2H3,(H,29,30,31)/b28-16-. The Balaban J connectivity index is 1.35. The minimum Gasteiger partial charge on any atom is -0.478 e. The summed E-state index contributed by atoms with van der Waals surface area (Å²) in [5.41, 5.74) is 1.28. The number of aliphatic imine (C=N–C) groups is 1. The molecule has 0 aliphatic carbocycles. The predicted octanol–water partition coefficient (Wildman–Crippen LogP) is 3.42. The lowest BCUT2D eigenvalue weighted by Crippen LogP contribution is -2.29. The quantitative estimate of drug-likeness (QED) is 0.398. The number of amides is 1. The lowest BCUT2D eigenvalue weighted by molar-refractivity contribution is -0.130. The Morgan fingerprint density at radius 3 is 3.06 bits per heavy atom. The summed E-state index contributed by atoms with van der Waals surface area (Å²) in [6.07, 6.45) is 5.68. The number of H-pyrrole nitrogens is 1. The van der Waals surface area contributed by atoms with Crippen molar-refractivity contribution in [1.82, 2.24) is 24.8 Å². The summed E-state index contributed by atoms with van der Waals surface area (Å²) in [5, 5.41) is 0.762. The first-order valence-corrected chi connectivity index (χ1v) is 11.7. The number of nitrogens with zero attached hydrogens (tertiary/aromatic N) is 5. The van der Waals surface area contributed by atoms with E-state index in [1.807, 2.05) is 31.3 Å². The van der Waals surface area contributed by atoms with Gasteiger partial charge in [0.15, 0.2) is 17.4 Å². The van der Waals surface area contributed by atoms with Crippen molar-refractivity contribution in [2.24, 2.45) is 10.9 Å². The van der Waals surface area contributed by atoms with Gasteiger partial charge < -0.3 is 19.5 Å². The molecule has 1 fully saturated rings. The number of para-hydroxylation sites is 1. The maximum Gasteiger partial charge on any atom is 0.222 e. The molecule has 1 aromatic carbocycles. The van der Waals surface area contributed by atoms with Crippen LogP contribution in [-0.2, 0) is 4.79 Å². The van der Waals surface area contributed by atoms with Crippen LogP contribution in [0.25, 0.3) is 11.0 Å². The Morgan fingerprint density at radius 1 is 1.37 bits per heavy atom. The van der Waals surface area contributed by atoms with E-state index in [2.05, 4.69) is 36.7 Å². The highest BCUT2D eigenvalue weighted by Gasteiger charge is 2.24. The number of carbonyl (C=O) groups excluding carboxylic acids is 1. The zero-order chi connectivity index (χ0) is 24.6. The van der Waals surface area contributed by atoms with Crippen molar-refractivity contribution in [2.75, 3.05) is 40.3 Å². The van der Waals surface area contributed by atoms with Crippen LogP contribution in [0.2, 0.25) is 0 Å². The minimum atomic E-state index is -0.420. The van der Waals surface area contributed by atoms with Gasteiger partial charge in [0.2, 0.25) is 5.91 Å². The number of benzene rings is 1. The van der Waals surface area contributed by atoms with Crippen LogP contribution in [-0.4, -0.2) is 77.2 Å². The predicted molar refractivity (Wildman–Crippen MR) is 133 cm³/mol. The minimum absolute atomic E-state index is 0.0546. The average Bonchev–Trinajstić information content (AvgIpc) is 3.48. The summed E-state index contributed by atoms with van der Waals surface area (Å²) in [7, 11) is 4.03. The van der Waals surface area contributed by atoms with Crippen molar-refractivity contribution in [1.29, 1.82) is 0 Å². The lowest BCUT2D eigenvalue weighted by atomic mass is 10.1. The van der Waals surface area contributed by atoms with Crippen LogP contribution >= 0.6 is 0 Å². The molecule has 182 valence electrons. The second-order valence-electron chi connectivity index (χ2n) is 8.74. The highest BCUT2D eigenvalue weighted by Crippen LogP contribution is 2.24. The fourth-order valence-corrected chi connectivity index (χ4v) is 3.92. The highest BCUT2D eigenvalue weighted by molar-refractivity contribution is 5.88. The van der Waals surface area contributed by atoms with Crippen LogP contribution in [0, 0.1) is 23.6 Å². The molecule has 0 saturated carbocycles.